The Morgan fingerprint density at radius 1 is 1.12 bits per heavy atom. The van der Waals surface area contributed by atoms with E-state index in [0.29, 0.717) is 11.6 Å². The Balaban J connectivity index is 1.81. The molecule has 0 spiro atoms. The first-order valence-electron chi connectivity index (χ1n) is 7.45. The highest BCUT2D eigenvalue weighted by molar-refractivity contribution is 7.98. The van der Waals surface area contributed by atoms with Crippen LogP contribution in [0.2, 0.25) is 0 Å². The summed E-state index contributed by atoms with van der Waals surface area (Å²) in [6.45, 7) is 0. The molecule has 0 atom stereocenters. The van der Waals surface area contributed by atoms with Crippen molar-refractivity contribution in [2.24, 2.45) is 0 Å². The van der Waals surface area contributed by atoms with Crippen LogP contribution in [0.5, 0.6) is 5.75 Å². The number of rotatable bonds is 5. The van der Waals surface area contributed by atoms with Crippen LogP contribution in [0.25, 0.3) is 22.2 Å². The summed E-state index contributed by atoms with van der Waals surface area (Å²) in [5.74, 6) is 2.16. The maximum Gasteiger partial charge on any atom is 0.184 e. The first-order chi connectivity index (χ1) is 11.8. The van der Waals surface area contributed by atoms with Gasteiger partial charge >= 0.3 is 0 Å². The van der Waals surface area contributed by atoms with E-state index in [4.69, 9.17) is 4.74 Å². The second-order valence-corrected chi connectivity index (χ2v) is 6.21. The monoisotopic (exact) mass is 337 g/mol. The Kier molecular flexibility index (Phi) is 3.92. The number of thioether (sulfide) groups is 1. The summed E-state index contributed by atoms with van der Waals surface area (Å²) in [7, 11) is 1.67. The number of benzene rings is 2. The zero-order valence-corrected chi connectivity index (χ0v) is 13.8. The quantitative estimate of drug-likeness (QED) is 0.543. The lowest BCUT2D eigenvalue weighted by atomic mass is 10.1. The molecule has 6 nitrogen and oxygen atoms in total. The van der Waals surface area contributed by atoms with Gasteiger partial charge in [-0.15, -0.1) is 22.0 Å². The van der Waals surface area contributed by atoms with Crippen LogP contribution in [0.1, 0.15) is 5.82 Å². The van der Waals surface area contributed by atoms with Gasteiger partial charge < -0.3 is 9.72 Å². The third-order valence-corrected chi connectivity index (χ3v) is 4.87. The molecule has 2 aromatic heterocycles. The third-order valence-electron chi connectivity index (χ3n) is 3.76. The molecule has 7 heteroatoms. The van der Waals surface area contributed by atoms with Gasteiger partial charge in [-0.2, -0.15) is 5.21 Å². The number of tetrazole rings is 1. The summed E-state index contributed by atoms with van der Waals surface area (Å²) in [6, 6.07) is 16.4. The Bertz CT molecular complexity index is 950. The minimum absolute atomic E-state index is 0.648. The molecule has 0 radical (unpaired) electrons. The van der Waals surface area contributed by atoms with Gasteiger partial charge in [-0.25, -0.2) is 0 Å². The van der Waals surface area contributed by atoms with Crippen LogP contribution in [-0.2, 0) is 5.75 Å². The maximum atomic E-state index is 5.34. The number of aromatic amines is 2. The van der Waals surface area contributed by atoms with E-state index in [1.165, 1.54) is 4.90 Å². The van der Waals surface area contributed by atoms with Gasteiger partial charge in [0.2, 0.25) is 0 Å². The topological polar surface area (TPSA) is 79.5 Å². The van der Waals surface area contributed by atoms with Crippen molar-refractivity contribution in [2.75, 3.05) is 7.11 Å². The second-order valence-electron chi connectivity index (χ2n) is 5.22. The van der Waals surface area contributed by atoms with E-state index in [1.807, 2.05) is 30.3 Å². The fourth-order valence-corrected chi connectivity index (χ4v) is 3.66. The third kappa shape index (κ3) is 2.74. The molecule has 120 valence electrons. The molecule has 4 rings (SSSR count). The van der Waals surface area contributed by atoms with Crippen LogP contribution < -0.4 is 4.74 Å². The molecular formula is C17H15N5OS. The van der Waals surface area contributed by atoms with E-state index in [0.717, 1.165) is 27.9 Å². The number of methoxy groups -OCH3 is 1. The summed E-state index contributed by atoms with van der Waals surface area (Å²) in [5.41, 5.74) is 3.28. The molecule has 2 aromatic carbocycles. The van der Waals surface area contributed by atoms with Crippen molar-refractivity contribution in [1.82, 2.24) is 25.6 Å². The molecule has 0 unspecified atom stereocenters. The first-order valence-corrected chi connectivity index (χ1v) is 8.44. The molecular weight excluding hydrogens is 322 g/mol. The summed E-state index contributed by atoms with van der Waals surface area (Å²) in [4.78, 5) is 4.69. The number of nitrogens with zero attached hydrogens (tertiary/aromatic N) is 3. The fraction of sp³-hybridized carbons (Fsp3) is 0.118. The maximum absolute atomic E-state index is 5.34. The number of nitrogens with one attached hydrogen (secondary N) is 2. The highest BCUT2D eigenvalue weighted by Crippen LogP contribution is 2.39. The summed E-state index contributed by atoms with van der Waals surface area (Å²) in [5, 5.41) is 15.3. The molecule has 0 aliphatic rings. The molecule has 0 aliphatic heterocycles. The summed E-state index contributed by atoms with van der Waals surface area (Å²) in [6.07, 6.45) is 0. The number of fused-ring (bicyclic) bond motifs is 1. The average Bonchev–Trinajstić information content (AvgIpc) is 3.27. The van der Waals surface area contributed by atoms with Crippen molar-refractivity contribution in [1.29, 1.82) is 0 Å². The van der Waals surface area contributed by atoms with E-state index in [1.54, 1.807) is 18.9 Å². The smallest absolute Gasteiger partial charge is 0.184 e. The Labute approximate surface area is 142 Å². The minimum atomic E-state index is 0.648. The van der Waals surface area contributed by atoms with Gasteiger partial charge in [-0.1, -0.05) is 35.5 Å². The molecule has 0 fully saturated rings. The van der Waals surface area contributed by atoms with Crippen LogP contribution in [0, 0.1) is 0 Å². The van der Waals surface area contributed by atoms with Gasteiger partial charge in [0.05, 0.1) is 24.1 Å². The number of ether oxygens (including phenoxy) is 1. The van der Waals surface area contributed by atoms with Gasteiger partial charge in [0.25, 0.3) is 0 Å². The minimum Gasteiger partial charge on any atom is -0.497 e. The van der Waals surface area contributed by atoms with Crippen molar-refractivity contribution < 1.29 is 4.74 Å². The van der Waals surface area contributed by atoms with Crippen LogP contribution in [-0.4, -0.2) is 32.7 Å². The first kappa shape index (κ1) is 14.8. The predicted octanol–water partition coefficient (Wildman–Crippen LogP) is 3.65. The highest BCUT2D eigenvalue weighted by atomic mass is 32.2. The van der Waals surface area contributed by atoms with Gasteiger partial charge in [-0.3, -0.25) is 0 Å². The van der Waals surface area contributed by atoms with Gasteiger partial charge in [0.1, 0.15) is 5.75 Å². The van der Waals surface area contributed by atoms with E-state index >= 15 is 0 Å². The summed E-state index contributed by atoms with van der Waals surface area (Å²) >= 11 is 1.69. The van der Waals surface area contributed by atoms with Gasteiger partial charge in [0, 0.05) is 16.3 Å². The SMILES string of the molecule is COc1ccc2c(SCc3nn[nH]n3)c(-c3ccccc3)[nH]c2c1. The average molecular weight is 337 g/mol. The number of aromatic nitrogens is 5. The second kappa shape index (κ2) is 6.37. The largest absolute Gasteiger partial charge is 0.497 e. The lowest BCUT2D eigenvalue weighted by molar-refractivity contribution is 0.415. The van der Waals surface area contributed by atoms with Crippen LogP contribution in [0.4, 0.5) is 0 Å². The van der Waals surface area contributed by atoms with Crippen molar-refractivity contribution >= 4 is 22.7 Å². The van der Waals surface area contributed by atoms with Crippen molar-refractivity contribution in [3.63, 3.8) is 0 Å². The van der Waals surface area contributed by atoms with E-state index in [9.17, 15) is 0 Å². The van der Waals surface area contributed by atoms with Crippen LogP contribution in [0.3, 0.4) is 0 Å². The van der Waals surface area contributed by atoms with E-state index in [2.05, 4.69) is 43.8 Å². The molecule has 0 saturated heterocycles. The molecule has 2 N–H and O–H groups in total. The normalized spacial score (nSPS) is 11.0. The van der Waals surface area contributed by atoms with Crippen LogP contribution >= 0.6 is 11.8 Å². The predicted molar refractivity (Wildman–Crippen MR) is 94.0 cm³/mol. The fourth-order valence-electron chi connectivity index (χ4n) is 2.62. The van der Waals surface area contributed by atoms with E-state index < -0.39 is 0 Å². The lowest BCUT2D eigenvalue weighted by Crippen LogP contribution is -1.85. The van der Waals surface area contributed by atoms with Crippen LogP contribution in [0.15, 0.2) is 53.4 Å². The molecule has 24 heavy (non-hydrogen) atoms. The molecule has 0 saturated carbocycles. The van der Waals surface area contributed by atoms with Crippen molar-refractivity contribution in [3.05, 3.63) is 54.4 Å². The van der Waals surface area contributed by atoms with Gasteiger partial charge in [-0.05, 0) is 17.7 Å². The molecule has 4 aromatic rings. The zero-order chi connectivity index (χ0) is 16.4. The number of H-pyrrole nitrogens is 2. The Hall–Kier alpha value is -2.80. The molecule has 2 heterocycles. The number of hydrogen-bond donors (Lipinski definition) is 2. The summed E-state index contributed by atoms with van der Waals surface area (Å²) < 4.78 is 5.34. The molecule has 0 aliphatic carbocycles. The molecule has 0 bridgehead atoms. The Morgan fingerprint density at radius 2 is 2.00 bits per heavy atom. The molecule has 0 amide bonds. The highest BCUT2D eigenvalue weighted by Gasteiger charge is 2.15. The lowest BCUT2D eigenvalue weighted by Gasteiger charge is -2.04. The number of hydrogen-bond acceptors (Lipinski definition) is 5. The van der Waals surface area contributed by atoms with Gasteiger partial charge in [0.15, 0.2) is 5.82 Å². The van der Waals surface area contributed by atoms with Crippen molar-refractivity contribution in [2.45, 2.75) is 10.6 Å². The zero-order valence-electron chi connectivity index (χ0n) is 13.0. The van der Waals surface area contributed by atoms with E-state index in [-0.39, 0.29) is 0 Å². The van der Waals surface area contributed by atoms with Crippen molar-refractivity contribution in [3.8, 4) is 17.0 Å². The standard InChI is InChI=1S/C17H15N5OS/c1-23-12-7-8-13-14(9-12)18-16(11-5-3-2-4-6-11)17(13)24-10-15-19-21-22-20-15/h2-9,18H,10H2,1H3,(H,19,20,21,22). The Morgan fingerprint density at radius 3 is 2.75 bits per heavy atom.